The monoisotopic (exact) mass is 256 g/mol. The number of Topliss-reactive ketones (excluding diaryl/α,β-unsaturated/α-hetero) is 1. The van der Waals surface area contributed by atoms with Crippen molar-refractivity contribution in [3.05, 3.63) is 0 Å². The van der Waals surface area contributed by atoms with Gasteiger partial charge < -0.3 is 0 Å². The van der Waals surface area contributed by atoms with Crippen molar-refractivity contribution in [1.82, 2.24) is 0 Å². The Hall–Kier alpha value is -0.330. The maximum atomic E-state index is 12.9. The first-order valence-electron chi connectivity index (χ1n) is 8.79. The molecule has 0 amide bonds. The van der Waals surface area contributed by atoms with Gasteiger partial charge in [0.05, 0.1) is 0 Å². The first-order chi connectivity index (χ1) is 9.25. The fraction of sp³-hybridized carbons (Fsp3) is 0.944. The molecule has 8 aliphatic carbocycles. The number of carbonyl (C=O) groups excluding carboxylic acids is 1. The summed E-state index contributed by atoms with van der Waals surface area (Å²) in [6.07, 6.45) is 11.0. The second kappa shape index (κ2) is 2.97. The summed E-state index contributed by atoms with van der Waals surface area (Å²) in [7, 11) is 0. The van der Waals surface area contributed by atoms with Crippen LogP contribution >= 0.6 is 0 Å². The van der Waals surface area contributed by atoms with Crippen LogP contribution in [0.4, 0.5) is 0 Å². The van der Waals surface area contributed by atoms with Crippen LogP contribution in [0.5, 0.6) is 0 Å². The molecule has 8 aliphatic rings. The highest BCUT2D eigenvalue weighted by Gasteiger charge is 2.69. The van der Waals surface area contributed by atoms with E-state index in [1.54, 1.807) is 19.3 Å². The molecule has 8 bridgehead atoms. The molecule has 19 heavy (non-hydrogen) atoms. The topological polar surface area (TPSA) is 17.1 Å². The SMILES string of the molecule is O=C(C1CC1)C12CC3C4CC5CC3C(C1)C(C5)C4C2. The van der Waals surface area contributed by atoms with E-state index in [0.29, 0.717) is 5.92 Å². The Bertz CT molecular complexity index is 414. The molecule has 1 heteroatoms. The van der Waals surface area contributed by atoms with Crippen LogP contribution in [-0.4, -0.2) is 5.78 Å². The van der Waals surface area contributed by atoms with Gasteiger partial charge in [0.15, 0.2) is 0 Å². The largest absolute Gasteiger partial charge is 0.299 e. The van der Waals surface area contributed by atoms with Gasteiger partial charge in [-0.25, -0.2) is 0 Å². The van der Waals surface area contributed by atoms with Crippen LogP contribution in [0.15, 0.2) is 0 Å². The molecule has 0 spiro atoms. The van der Waals surface area contributed by atoms with Crippen LogP contribution in [0.25, 0.3) is 0 Å². The summed E-state index contributed by atoms with van der Waals surface area (Å²) < 4.78 is 0. The molecule has 0 aromatic rings. The molecule has 102 valence electrons. The van der Waals surface area contributed by atoms with Crippen LogP contribution in [0.1, 0.15) is 51.4 Å². The normalized spacial score (nSPS) is 63.9. The lowest BCUT2D eigenvalue weighted by molar-refractivity contribution is -0.229. The van der Waals surface area contributed by atoms with Crippen molar-refractivity contribution >= 4 is 5.78 Å². The van der Waals surface area contributed by atoms with Gasteiger partial charge in [-0.2, -0.15) is 0 Å². The first-order valence-corrected chi connectivity index (χ1v) is 8.79. The molecule has 0 radical (unpaired) electrons. The minimum atomic E-state index is 0.203. The van der Waals surface area contributed by atoms with Gasteiger partial charge in [-0.15, -0.1) is 0 Å². The Morgan fingerprint density at radius 2 is 1.21 bits per heavy atom. The minimum Gasteiger partial charge on any atom is -0.299 e. The van der Waals surface area contributed by atoms with E-state index >= 15 is 0 Å². The Labute approximate surface area is 115 Å². The molecule has 0 saturated heterocycles. The van der Waals surface area contributed by atoms with Crippen molar-refractivity contribution in [2.45, 2.75) is 51.4 Å². The zero-order valence-corrected chi connectivity index (χ0v) is 11.7. The number of ketones is 1. The summed E-state index contributed by atoms with van der Waals surface area (Å²) in [4.78, 5) is 12.9. The average Bonchev–Trinajstić information content (AvgIpc) is 3.27. The third-order valence-electron chi connectivity index (χ3n) is 8.47. The zero-order valence-electron chi connectivity index (χ0n) is 11.7. The number of rotatable bonds is 2. The van der Waals surface area contributed by atoms with Gasteiger partial charge in [-0.05, 0) is 92.8 Å². The highest BCUT2D eigenvalue weighted by atomic mass is 16.1. The third kappa shape index (κ3) is 1.07. The molecule has 0 heterocycles. The van der Waals surface area contributed by atoms with E-state index in [0.717, 1.165) is 47.2 Å². The second-order valence-electron chi connectivity index (χ2n) is 9.09. The fourth-order valence-electron chi connectivity index (χ4n) is 7.99. The predicted molar refractivity (Wildman–Crippen MR) is 72.3 cm³/mol. The highest BCUT2D eigenvalue weighted by Crippen LogP contribution is 2.74. The van der Waals surface area contributed by atoms with E-state index in [-0.39, 0.29) is 5.41 Å². The number of hydrogen-bond acceptors (Lipinski definition) is 1. The standard InChI is InChI=1S/C18H24O/c19-17(10-1-2-10)18-6-14-11-3-9-4-12(14)16(8-18)13(5-9)15(11)7-18/h9-16H,1-8H2. The van der Waals surface area contributed by atoms with Crippen molar-refractivity contribution in [3.63, 3.8) is 0 Å². The van der Waals surface area contributed by atoms with Crippen LogP contribution in [0, 0.1) is 52.8 Å². The van der Waals surface area contributed by atoms with Gasteiger partial charge in [0.2, 0.25) is 0 Å². The summed E-state index contributed by atoms with van der Waals surface area (Å²) in [5.74, 6) is 8.44. The predicted octanol–water partition coefficient (Wildman–Crippen LogP) is 3.67. The van der Waals surface area contributed by atoms with Crippen LogP contribution in [0.3, 0.4) is 0 Å². The average molecular weight is 256 g/mol. The molecule has 0 aliphatic heterocycles. The number of carbonyl (C=O) groups is 1. The molecular formula is C18H24O. The maximum Gasteiger partial charge on any atom is 0.142 e. The third-order valence-corrected chi connectivity index (χ3v) is 8.47. The van der Waals surface area contributed by atoms with E-state index in [9.17, 15) is 4.79 Å². The van der Waals surface area contributed by atoms with Crippen molar-refractivity contribution in [1.29, 1.82) is 0 Å². The lowest BCUT2D eigenvalue weighted by Gasteiger charge is -2.72. The van der Waals surface area contributed by atoms with E-state index in [1.165, 1.54) is 32.1 Å². The van der Waals surface area contributed by atoms with Gasteiger partial charge in [0, 0.05) is 11.3 Å². The lowest BCUT2D eigenvalue weighted by atomic mass is 9.32. The fourth-order valence-corrected chi connectivity index (χ4v) is 7.99. The second-order valence-corrected chi connectivity index (χ2v) is 9.09. The molecule has 8 rings (SSSR count). The van der Waals surface area contributed by atoms with Crippen molar-refractivity contribution in [3.8, 4) is 0 Å². The van der Waals surface area contributed by atoms with E-state index in [1.807, 2.05) is 0 Å². The molecule has 8 fully saturated rings. The first kappa shape index (κ1) is 10.4. The number of hydrogen-bond donors (Lipinski definition) is 0. The summed E-state index contributed by atoms with van der Waals surface area (Å²) in [5.41, 5.74) is 0.203. The summed E-state index contributed by atoms with van der Waals surface area (Å²) in [6.45, 7) is 0. The quantitative estimate of drug-likeness (QED) is 0.736. The van der Waals surface area contributed by atoms with Gasteiger partial charge in [0.1, 0.15) is 5.78 Å². The molecule has 0 aromatic heterocycles. The van der Waals surface area contributed by atoms with Gasteiger partial charge in [0.25, 0.3) is 0 Å². The van der Waals surface area contributed by atoms with Crippen molar-refractivity contribution in [2.24, 2.45) is 52.8 Å². The Kier molecular flexibility index (Phi) is 1.63. The summed E-state index contributed by atoms with van der Waals surface area (Å²) in [6, 6.07) is 0. The summed E-state index contributed by atoms with van der Waals surface area (Å²) in [5, 5.41) is 0. The Balaban J connectivity index is 1.46. The van der Waals surface area contributed by atoms with Gasteiger partial charge >= 0.3 is 0 Å². The minimum absolute atomic E-state index is 0.203. The van der Waals surface area contributed by atoms with Crippen LogP contribution < -0.4 is 0 Å². The zero-order chi connectivity index (χ0) is 12.4. The smallest absolute Gasteiger partial charge is 0.142 e. The molecule has 0 aromatic carbocycles. The molecule has 0 atom stereocenters. The van der Waals surface area contributed by atoms with E-state index in [2.05, 4.69) is 0 Å². The molecule has 0 unspecified atom stereocenters. The lowest BCUT2D eigenvalue weighted by Crippen LogP contribution is -2.66. The Morgan fingerprint density at radius 1 is 0.737 bits per heavy atom. The van der Waals surface area contributed by atoms with Crippen LogP contribution in [-0.2, 0) is 4.79 Å². The molecule has 8 saturated carbocycles. The molecule has 1 nitrogen and oxygen atoms in total. The van der Waals surface area contributed by atoms with Crippen molar-refractivity contribution < 1.29 is 4.79 Å². The summed E-state index contributed by atoms with van der Waals surface area (Å²) >= 11 is 0. The highest BCUT2D eigenvalue weighted by molar-refractivity contribution is 5.89. The van der Waals surface area contributed by atoms with Crippen LogP contribution in [0.2, 0.25) is 0 Å². The van der Waals surface area contributed by atoms with Gasteiger partial charge in [-0.3, -0.25) is 4.79 Å². The Morgan fingerprint density at radius 3 is 1.63 bits per heavy atom. The molecule has 0 N–H and O–H groups in total. The molecular weight excluding hydrogens is 232 g/mol. The van der Waals surface area contributed by atoms with Gasteiger partial charge in [-0.1, -0.05) is 0 Å². The van der Waals surface area contributed by atoms with E-state index < -0.39 is 0 Å². The maximum absolute atomic E-state index is 12.9. The van der Waals surface area contributed by atoms with Crippen molar-refractivity contribution in [2.75, 3.05) is 0 Å². The van der Waals surface area contributed by atoms with E-state index in [4.69, 9.17) is 0 Å².